The first-order valence-corrected chi connectivity index (χ1v) is 7.40. The lowest BCUT2D eigenvalue weighted by molar-refractivity contribution is -0.324. The minimum absolute atomic E-state index is 0.129. The van der Waals surface area contributed by atoms with Gasteiger partial charge in [0.15, 0.2) is 0 Å². The van der Waals surface area contributed by atoms with E-state index in [1.165, 1.54) is 0 Å². The Morgan fingerprint density at radius 3 is 2.18 bits per heavy atom. The van der Waals surface area contributed by atoms with E-state index in [0.29, 0.717) is 11.8 Å². The third-order valence-corrected chi connectivity index (χ3v) is 4.29. The Labute approximate surface area is 127 Å². The summed E-state index contributed by atoms with van der Waals surface area (Å²) in [6.07, 6.45) is -0.844. The first-order valence-electron chi connectivity index (χ1n) is 7.40. The standard InChI is InChI=1S/C14H21F3O5/c1-19-6-9-2-4-10(5-3-9)11-7-20-13(21-8-11)22-12(18)14(15,16)17/h9-11,13H,2-8H2,1H3. The van der Waals surface area contributed by atoms with Crippen molar-refractivity contribution in [2.24, 2.45) is 17.8 Å². The third kappa shape index (κ3) is 4.82. The van der Waals surface area contributed by atoms with Crippen molar-refractivity contribution in [2.45, 2.75) is 38.3 Å². The number of esters is 1. The molecule has 0 spiro atoms. The lowest BCUT2D eigenvalue weighted by Gasteiger charge is -2.37. The average Bonchev–Trinajstić information content (AvgIpc) is 2.48. The average molecular weight is 326 g/mol. The first-order chi connectivity index (χ1) is 10.4. The van der Waals surface area contributed by atoms with Gasteiger partial charge in [-0.1, -0.05) is 0 Å². The summed E-state index contributed by atoms with van der Waals surface area (Å²) in [6.45, 7) is -0.305. The number of hydrogen-bond donors (Lipinski definition) is 0. The molecule has 1 aliphatic heterocycles. The Hall–Kier alpha value is -0.860. The van der Waals surface area contributed by atoms with Crippen LogP contribution in [0.5, 0.6) is 0 Å². The highest BCUT2D eigenvalue weighted by molar-refractivity contribution is 5.75. The van der Waals surface area contributed by atoms with E-state index in [4.69, 9.17) is 14.2 Å². The van der Waals surface area contributed by atoms with Crippen molar-refractivity contribution in [1.29, 1.82) is 0 Å². The maximum absolute atomic E-state index is 12.1. The van der Waals surface area contributed by atoms with Gasteiger partial charge in [0.05, 0.1) is 13.2 Å². The Bertz CT molecular complexity index is 358. The molecule has 1 saturated carbocycles. The van der Waals surface area contributed by atoms with Crippen LogP contribution >= 0.6 is 0 Å². The molecule has 0 aromatic carbocycles. The molecule has 0 radical (unpaired) electrons. The van der Waals surface area contributed by atoms with Crippen LogP contribution in [0.3, 0.4) is 0 Å². The summed E-state index contributed by atoms with van der Waals surface area (Å²) in [5.41, 5.74) is 0. The summed E-state index contributed by atoms with van der Waals surface area (Å²) in [7, 11) is 1.69. The molecule has 1 heterocycles. The van der Waals surface area contributed by atoms with Crippen molar-refractivity contribution in [3.63, 3.8) is 0 Å². The third-order valence-electron chi connectivity index (χ3n) is 4.29. The number of methoxy groups -OCH3 is 1. The molecule has 2 aliphatic rings. The van der Waals surface area contributed by atoms with Crippen LogP contribution < -0.4 is 0 Å². The summed E-state index contributed by atoms with van der Waals surface area (Å²) in [5, 5.41) is 0. The molecule has 1 aliphatic carbocycles. The fourth-order valence-corrected chi connectivity index (χ4v) is 3.06. The summed E-state index contributed by atoms with van der Waals surface area (Å²) in [6, 6.07) is 0. The van der Waals surface area contributed by atoms with Gasteiger partial charge in [-0.25, -0.2) is 4.79 Å². The number of ether oxygens (including phenoxy) is 4. The van der Waals surface area contributed by atoms with Crippen LogP contribution in [-0.4, -0.2) is 45.6 Å². The van der Waals surface area contributed by atoms with Gasteiger partial charge in [0, 0.05) is 19.6 Å². The number of alkyl halides is 3. The van der Waals surface area contributed by atoms with Crippen LogP contribution in [0.1, 0.15) is 25.7 Å². The summed E-state index contributed by atoms with van der Waals surface area (Å²) < 4.78 is 55.7. The van der Waals surface area contributed by atoms with Crippen molar-refractivity contribution in [3.05, 3.63) is 0 Å². The molecule has 0 amide bonds. The molecule has 128 valence electrons. The maximum Gasteiger partial charge on any atom is 0.491 e. The Morgan fingerprint density at radius 1 is 1.09 bits per heavy atom. The van der Waals surface area contributed by atoms with Crippen molar-refractivity contribution >= 4 is 5.97 Å². The predicted octanol–water partition coefficient (Wildman–Crippen LogP) is 2.49. The van der Waals surface area contributed by atoms with Crippen LogP contribution in [-0.2, 0) is 23.7 Å². The van der Waals surface area contributed by atoms with Gasteiger partial charge in [0.1, 0.15) is 0 Å². The lowest BCUT2D eigenvalue weighted by Crippen LogP contribution is -2.41. The van der Waals surface area contributed by atoms with Crippen LogP contribution in [0, 0.1) is 17.8 Å². The molecular formula is C14H21F3O5. The van der Waals surface area contributed by atoms with Gasteiger partial charge in [-0.05, 0) is 37.5 Å². The number of halogens is 3. The molecule has 2 fully saturated rings. The number of carbonyl (C=O) groups is 1. The van der Waals surface area contributed by atoms with E-state index in [9.17, 15) is 18.0 Å². The van der Waals surface area contributed by atoms with Crippen molar-refractivity contribution in [3.8, 4) is 0 Å². The monoisotopic (exact) mass is 326 g/mol. The van der Waals surface area contributed by atoms with Crippen LogP contribution in [0.15, 0.2) is 0 Å². The zero-order chi connectivity index (χ0) is 16.2. The maximum atomic E-state index is 12.1. The summed E-state index contributed by atoms with van der Waals surface area (Å²) in [4.78, 5) is 10.7. The zero-order valence-electron chi connectivity index (χ0n) is 12.4. The van der Waals surface area contributed by atoms with E-state index in [-0.39, 0.29) is 19.1 Å². The van der Waals surface area contributed by atoms with Gasteiger partial charge in [-0.15, -0.1) is 0 Å². The van der Waals surface area contributed by atoms with Crippen molar-refractivity contribution < 1.29 is 36.9 Å². The molecule has 0 aromatic rings. The number of hydrogen-bond acceptors (Lipinski definition) is 5. The SMILES string of the molecule is COCC1CCC(C2COC(OC(=O)C(F)(F)F)OC2)CC1. The minimum Gasteiger partial charge on any atom is -0.404 e. The quantitative estimate of drug-likeness (QED) is 0.743. The highest BCUT2D eigenvalue weighted by Crippen LogP contribution is 2.35. The van der Waals surface area contributed by atoms with E-state index >= 15 is 0 Å². The zero-order valence-corrected chi connectivity index (χ0v) is 12.4. The normalized spacial score (nSPS) is 33.5. The van der Waals surface area contributed by atoms with E-state index in [2.05, 4.69) is 4.74 Å². The van der Waals surface area contributed by atoms with Gasteiger partial charge in [0.25, 0.3) is 0 Å². The highest BCUT2D eigenvalue weighted by atomic mass is 19.4. The number of rotatable bonds is 4. The smallest absolute Gasteiger partial charge is 0.404 e. The number of carbonyl (C=O) groups excluding carboxylic acids is 1. The lowest BCUT2D eigenvalue weighted by atomic mass is 9.76. The molecule has 2 rings (SSSR count). The molecule has 0 unspecified atom stereocenters. The molecule has 8 heteroatoms. The summed E-state index contributed by atoms with van der Waals surface area (Å²) in [5.74, 6) is -1.17. The van der Waals surface area contributed by atoms with Crippen molar-refractivity contribution in [1.82, 2.24) is 0 Å². The second-order valence-electron chi connectivity index (χ2n) is 5.85. The summed E-state index contributed by atoms with van der Waals surface area (Å²) >= 11 is 0. The fourth-order valence-electron chi connectivity index (χ4n) is 3.06. The van der Waals surface area contributed by atoms with Crippen LogP contribution in [0.4, 0.5) is 13.2 Å². The largest absolute Gasteiger partial charge is 0.491 e. The van der Waals surface area contributed by atoms with Gasteiger partial charge >= 0.3 is 18.6 Å². The Kier molecular flexibility index (Phi) is 6.05. The molecule has 0 N–H and O–H groups in total. The van der Waals surface area contributed by atoms with Gasteiger partial charge in [0.2, 0.25) is 0 Å². The molecular weight excluding hydrogens is 305 g/mol. The van der Waals surface area contributed by atoms with Crippen molar-refractivity contribution in [2.75, 3.05) is 26.9 Å². The van der Waals surface area contributed by atoms with Gasteiger partial charge in [-0.2, -0.15) is 13.2 Å². The van der Waals surface area contributed by atoms with E-state index < -0.39 is 18.6 Å². The second kappa shape index (κ2) is 7.61. The Balaban J connectivity index is 1.70. The van der Waals surface area contributed by atoms with Crippen LogP contribution in [0.25, 0.3) is 0 Å². The minimum atomic E-state index is -5.04. The molecule has 0 aromatic heterocycles. The van der Waals surface area contributed by atoms with Gasteiger partial charge < -0.3 is 18.9 Å². The predicted molar refractivity (Wildman–Crippen MR) is 68.7 cm³/mol. The van der Waals surface area contributed by atoms with E-state index in [1.54, 1.807) is 7.11 Å². The highest BCUT2D eigenvalue weighted by Gasteiger charge is 2.43. The molecule has 5 nitrogen and oxygen atoms in total. The van der Waals surface area contributed by atoms with Gasteiger partial charge in [-0.3, -0.25) is 0 Å². The fraction of sp³-hybridized carbons (Fsp3) is 0.929. The first kappa shape index (κ1) is 17.5. The van der Waals surface area contributed by atoms with Crippen LogP contribution in [0.2, 0.25) is 0 Å². The molecule has 1 saturated heterocycles. The molecule has 0 bridgehead atoms. The molecule has 0 atom stereocenters. The Morgan fingerprint density at radius 2 is 1.68 bits per heavy atom. The molecule has 22 heavy (non-hydrogen) atoms. The topological polar surface area (TPSA) is 54.0 Å². The van der Waals surface area contributed by atoms with E-state index in [0.717, 1.165) is 32.3 Å². The second-order valence-corrected chi connectivity index (χ2v) is 5.85. The van der Waals surface area contributed by atoms with E-state index in [1.807, 2.05) is 0 Å².